The van der Waals surface area contributed by atoms with E-state index in [1.54, 1.807) is 19.1 Å². The molecule has 3 aromatic rings. The minimum absolute atomic E-state index is 0.211. The van der Waals surface area contributed by atoms with Crippen LogP contribution in [-0.2, 0) is 6.61 Å². The maximum Gasteiger partial charge on any atom is 0.307 e. The van der Waals surface area contributed by atoms with Gasteiger partial charge in [0.25, 0.3) is 0 Å². The molecule has 28 heavy (non-hydrogen) atoms. The molecule has 0 aliphatic heterocycles. The van der Waals surface area contributed by atoms with Gasteiger partial charge in [-0.25, -0.2) is 5.43 Å². The van der Waals surface area contributed by atoms with Gasteiger partial charge in [-0.1, -0.05) is 23.7 Å². The third-order valence-corrected chi connectivity index (χ3v) is 5.09. The molecule has 0 radical (unpaired) electrons. The molecule has 1 heterocycles. The molecular formula is C20H15Br2ClN2O3. The first-order valence-corrected chi connectivity index (χ1v) is 10.1. The number of hydrazone groups is 1. The zero-order chi connectivity index (χ0) is 20.1. The lowest BCUT2D eigenvalue weighted by Gasteiger charge is -2.11. The predicted molar refractivity (Wildman–Crippen MR) is 116 cm³/mol. The minimum atomic E-state index is -0.412. The van der Waals surface area contributed by atoms with Gasteiger partial charge in [0.15, 0.2) is 5.76 Å². The van der Waals surface area contributed by atoms with Crippen LogP contribution in [0.3, 0.4) is 0 Å². The molecule has 2 aromatic carbocycles. The predicted octanol–water partition coefficient (Wildman–Crippen LogP) is 6.11. The van der Waals surface area contributed by atoms with Gasteiger partial charge in [0.05, 0.1) is 15.2 Å². The van der Waals surface area contributed by atoms with Crippen LogP contribution in [0.5, 0.6) is 5.75 Å². The molecule has 0 saturated heterocycles. The topological polar surface area (TPSA) is 63.8 Å². The van der Waals surface area contributed by atoms with Gasteiger partial charge in [0, 0.05) is 5.02 Å². The van der Waals surface area contributed by atoms with Crippen LogP contribution in [-0.4, -0.2) is 12.1 Å². The molecule has 1 N–H and O–H groups in total. The number of nitrogens with one attached hydrogen (secondary N) is 1. The molecule has 0 aliphatic carbocycles. The highest BCUT2D eigenvalue weighted by molar-refractivity contribution is 9.11. The molecule has 1 amide bonds. The number of furan rings is 1. The number of rotatable bonds is 6. The summed E-state index contributed by atoms with van der Waals surface area (Å²) in [6.45, 7) is 2.17. The number of hydrogen-bond donors (Lipinski definition) is 1. The standard InChI is InChI=1S/C20H15Br2ClN2O3/c1-12-2-7-18(28-12)20(26)25-24-10-14-8-16(21)19(17(22)9-14)27-11-13-3-5-15(23)6-4-13/h2-10H,11H2,1H3,(H,25,26)/b24-10-. The number of hydrogen-bond acceptors (Lipinski definition) is 4. The Morgan fingerprint density at radius 3 is 2.46 bits per heavy atom. The summed E-state index contributed by atoms with van der Waals surface area (Å²) in [7, 11) is 0. The minimum Gasteiger partial charge on any atom is -0.487 e. The Morgan fingerprint density at radius 1 is 1.18 bits per heavy atom. The fourth-order valence-electron chi connectivity index (χ4n) is 2.31. The second-order valence-corrected chi connectivity index (χ2v) is 7.98. The lowest BCUT2D eigenvalue weighted by molar-refractivity contribution is 0.0926. The van der Waals surface area contributed by atoms with E-state index < -0.39 is 5.91 Å². The fourth-order valence-corrected chi connectivity index (χ4v) is 3.88. The fraction of sp³-hybridized carbons (Fsp3) is 0.100. The molecule has 0 unspecified atom stereocenters. The van der Waals surface area contributed by atoms with E-state index in [0.29, 0.717) is 23.1 Å². The van der Waals surface area contributed by atoms with Gasteiger partial charge in [0.1, 0.15) is 18.1 Å². The number of halogens is 3. The quantitative estimate of drug-likeness (QED) is 0.311. The number of aryl methyl sites for hydroxylation is 1. The van der Waals surface area contributed by atoms with Crippen LogP contribution in [0, 0.1) is 6.92 Å². The van der Waals surface area contributed by atoms with E-state index in [1.807, 2.05) is 36.4 Å². The summed E-state index contributed by atoms with van der Waals surface area (Å²) in [5, 5.41) is 4.65. The maximum absolute atomic E-state index is 11.9. The summed E-state index contributed by atoms with van der Waals surface area (Å²) in [6, 6.07) is 14.5. The van der Waals surface area contributed by atoms with Gasteiger partial charge >= 0.3 is 5.91 Å². The Labute approximate surface area is 184 Å². The molecule has 0 bridgehead atoms. The van der Waals surface area contributed by atoms with E-state index in [2.05, 4.69) is 42.4 Å². The number of benzene rings is 2. The van der Waals surface area contributed by atoms with Crippen LogP contribution < -0.4 is 10.2 Å². The van der Waals surface area contributed by atoms with Crippen LogP contribution in [0.15, 0.2) is 67.0 Å². The van der Waals surface area contributed by atoms with Crippen LogP contribution in [0.4, 0.5) is 0 Å². The molecule has 1 aromatic heterocycles. The van der Waals surface area contributed by atoms with Crippen LogP contribution in [0.25, 0.3) is 0 Å². The second kappa shape index (κ2) is 9.41. The summed E-state index contributed by atoms with van der Waals surface area (Å²) >= 11 is 12.9. The van der Waals surface area contributed by atoms with E-state index in [1.165, 1.54) is 6.21 Å². The van der Waals surface area contributed by atoms with E-state index in [-0.39, 0.29) is 5.76 Å². The number of nitrogens with zero attached hydrogens (tertiary/aromatic N) is 1. The highest BCUT2D eigenvalue weighted by atomic mass is 79.9. The van der Waals surface area contributed by atoms with Gasteiger partial charge in [-0.3, -0.25) is 4.79 Å². The van der Waals surface area contributed by atoms with Crippen molar-refractivity contribution >= 4 is 55.6 Å². The third kappa shape index (κ3) is 5.47. The average molecular weight is 527 g/mol. The first-order chi connectivity index (χ1) is 13.4. The molecule has 3 rings (SSSR count). The maximum atomic E-state index is 11.9. The number of carbonyl (C=O) groups excluding carboxylic acids is 1. The largest absolute Gasteiger partial charge is 0.487 e. The smallest absolute Gasteiger partial charge is 0.307 e. The van der Waals surface area contributed by atoms with Gasteiger partial charge in [-0.05, 0) is 86.3 Å². The van der Waals surface area contributed by atoms with E-state index in [4.69, 9.17) is 20.8 Å². The molecule has 5 nitrogen and oxygen atoms in total. The monoisotopic (exact) mass is 524 g/mol. The van der Waals surface area contributed by atoms with Crippen LogP contribution >= 0.6 is 43.5 Å². The number of carbonyl (C=O) groups is 1. The van der Waals surface area contributed by atoms with Crippen LogP contribution in [0.1, 0.15) is 27.4 Å². The zero-order valence-electron chi connectivity index (χ0n) is 14.7. The first-order valence-electron chi connectivity index (χ1n) is 8.18. The highest BCUT2D eigenvalue weighted by Gasteiger charge is 2.10. The number of ether oxygens (including phenoxy) is 1. The zero-order valence-corrected chi connectivity index (χ0v) is 18.6. The van der Waals surface area contributed by atoms with Crippen molar-refractivity contribution in [1.29, 1.82) is 0 Å². The van der Waals surface area contributed by atoms with Gasteiger partial charge < -0.3 is 9.15 Å². The third-order valence-electron chi connectivity index (χ3n) is 3.66. The van der Waals surface area contributed by atoms with E-state index in [0.717, 1.165) is 20.1 Å². The van der Waals surface area contributed by atoms with Crippen molar-refractivity contribution in [2.75, 3.05) is 0 Å². The van der Waals surface area contributed by atoms with Crippen molar-refractivity contribution in [3.05, 3.63) is 85.1 Å². The van der Waals surface area contributed by atoms with Crippen molar-refractivity contribution < 1.29 is 13.9 Å². The van der Waals surface area contributed by atoms with E-state index >= 15 is 0 Å². The van der Waals surface area contributed by atoms with Crippen molar-refractivity contribution in [3.63, 3.8) is 0 Å². The van der Waals surface area contributed by atoms with Crippen molar-refractivity contribution in [1.82, 2.24) is 5.43 Å². The second-order valence-electron chi connectivity index (χ2n) is 5.84. The Kier molecular flexibility index (Phi) is 6.93. The first kappa shape index (κ1) is 20.6. The summed E-state index contributed by atoms with van der Waals surface area (Å²) in [4.78, 5) is 11.9. The average Bonchev–Trinajstić information content (AvgIpc) is 3.09. The molecule has 0 aliphatic rings. The van der Waals surface area contributed by atoms with Crippen LogP contribution in [0.2, 0.25) is 5.02 Å². The van der Waals surface area contributed by atoms with Gasteiger partial charge in [-0.2, -0.15) is 5.10 Å². The highest BCUT2D eigenvalue weighted by Crippen LogP contribution is 2.35. The summed E-state index contributed by atoms with van der Waals surface area (Å²) in [5.41, 5.74) is 4.21. The molecule has 8 heteroatoms. The molecule has 144 valence electrons. The Bertz CT molecular complexity index is 994. The Hall–Kier alpha value is -2.09. The molecule has 0 atom stereocenters. The summed E-state index contributed by atoms with van der Waals surface area (Å²) in [6.07, 6.45) is 1.53. The summed E-state index contributed by atoms with van der Waals surface area (Å²) < 4.78 is 12.6. The molecule has 0 fully saturated rings. The normalized spacial score (nSPS) is 11.0. The van der Waals surface area contributed by atoms with Crippen molar-refractivity contribution in [2.45, 2.75) is 13.5 Å². The molecule has 0 saturated carbocycles. The van der Waals surface area contributed by atoms with Crippen molar-refractivity contribution in [2.24, 2.45) is 5.10 Å². The number of amides is 1. The van der Waals surface area contributed by atoms with Gasteiger partial charge in [0.2, 0.25) is 0 Å². The lowest BCUT2D eigenvalue weighted by atomic mass is 10.2. The van der Waals surface area contributed by atoms with E-state index in [9.17, 15) is 4.79 Å². The Morgan fingerprint density at radius 2 is 1.86 bits per heavy atom. The van der Waals surface area contributed by atoms with Crippen molar-refractivity contribution in [3.8, 4) is 5.75 Å². The Balaban J connectivity index is 1.63. The SMILES string of the molecule is Cc1ccc(C(=O)N/N=C\c2cc(Br)c(OCc3ccc(Cl)cc3)c(Br)c2)o1. The lowest BCUT2D eigenvalue weighted by Crippen LogP contribution is -2.16. The molecule has 0 spiro atoms. The van der Waals surface area contributed by atoms with Gasteiger partial charge in [-0.15, -0.1) is 0 Å². The molecular weight excluding hydrogens is 511 g/mol. The summed E-state index contributed by atoms with van der Waals surface area (Å²) in [5.74, 6) is 1.13.